The Morgan fingerprint density at radius 1 is 0.507 bits per heavy atom. The lowest BCUT2D eigenvalue weighted by atomic mass is 9.99. The van der Waals surface area contributed by atoms with Crippen molar-refractivity contribution in [2.45, 2.75) is 153 Å². The number of benzene rings is 1. The van der Waals surface area contributed by atoms with Crippen LogP contribution in [0.1, 0.15) is 98.0 Å². The molecular weight excluding hydrogens is 987 g/mol. The highest BCUT2D eigenvalue weighted by Crippen LogP contribution is 2.13. The van der Waals surface area contributed by atoms with Crippen molar-refractivity contribution in [3.63, 3.8) is 0 Å². The first-order valence-corrected chi connectivity index (χ1v) is 24.4. The van der Waals surface area contributed by atoms with E-state index in [1.54, 1.807) is 44.2 Å². The summed E-state index contributed by atoms with van der Waals surface area (Å²) in [4.78, 5) is 165. The Bertz CT molecular complexity index is 2230. The number of carbonyl (C=O) groups is 12. The number of guanidine groups is 1. The van der Waals surface area contributed by atoms with E-state index in [1.807, 2.05) is 0 Å². The maximum Gasteiger partial charge on any atom is 0.305 e. The van der Waals surface area contributed by atoms with Gasteiger partial charge in [-0.15, -0.1) is 0 Å². The van der Waals surface area contributed by atoms with Gasteiger partial charge >= 0.3 is 17.9 Å². The van der Waals surface area contributed by atoms with Crippen LogP contribution >= 0.6 is 0 Å². The number of aliphatic imine (C=N–C) groups is 1. The van der Waals surface area contributed by atoms with Crippen molar-refractivity contribution >= 4 is 77.0 Å². The fourth-order valence-corrected chi connectivity index (χ4v) is 7.49. The molecule has 28 nitrogen and oxygen atoms in total. The lowest BCUT2D eigenvalue weighted by molar-refractivity contribution is -0.142. The van der Waals surface area contributed by atoms with Crippen LogP contribution in [0.5, 0.6) is 0 Å². The van der Waals surface area contributed by atoms with Gasteiger partial charge in [-0.3, -0.25) is 62.5 Å². The molecule has 0 aliphatic carbocycles. The van der Waals surface area contributed by atoms with Crippen molar-refractivity contribution in [3.8, 4) is 0 Å². The summed E-state index contributed by atoms with van der Waals surface area (Å²) in [5.41, 5.74) is 17.2. The largest absolute Gasteiger partial charge is 0.481 e. The molecule has 0 aromatic heterocycles. The van der Waals surface area contributed by atoms with Gasteiger partial charge in [0, 0.05) is 19.4 Å². The number of unbranched alkanes of at least 4 members (excludes halogenated alkanes) is 1. The number of hydrogen-bond donors (Lipinski definition) is 15. The molecule has 1 saturated heterocycles. The number of nitrogens with two attached hydrogens (primary N) is 3. The minimum Gasteiger partial charge on any atom is -0.481 e. The first kappa shape index (κ1) is 63.2. The van der Waals surface area contributed by atoms with Crippen molar-refractivity contribution in [1.82, 2.24) is 47.9 Å². The third kappa shape index (κ3) is 22.8. The number of aliphatic carboxylic acids is 3. The molecule has 416 valence electrons. The molecule has 0 saturated carbocycles. The van der Waals surface area contributed by atoms with Crippen LogP contribution < -0.4 is 65.1 Å². The second kappa shape index (κ2) is 31.6. The van der Waals surface area contributed by atoms with Crippen LogP contribution in [0.3, 0.4) is 0 Å². The topological polar surface area (TPSA) is 464 Å². The zero-order valence-corrected chi connectivity index (χ0v) is 42.6. The molecule has 75 heavy (non-hydrogen) atoms. The van der Waals surface area contributed by atoms with Gasteiger partial charge in [0.15, 0.2) is 5.96 Å². The van der Waals surface area contributed by atoms with Gasteiger partial charge in [-0.1, -0.05) is 58.0 Å². The summed E-state index contributed by atoms with van der Waals surface area (Å²) in [6.07, 6.45) is -3.29. The average Bonchev–Trinajstić information content (AvgIpc) is 3.32. The highest BCUT2D eigenvalue weighted by Gasteiger charge is 2.38. The fourth-order valence-electron chi connectivity index (χ4n) is 7.49. The van der Waals surface area contributed by atoms with Crippen LogP contribution in [0.4, 0.5) is 0 Å². The molecule has 1 aromatic rings. The number of carbonyl (C=O) groups excluding carboxylic acids is 9. The Morgan fingerprint density at radius 3 is 1.37 bits per heavy atom. The number of nitrogens with zero attached hydrogens (tertiary/aromatic N) is 1. The lowest BCUT2D eigenvalue weighted by Gasteiger charge is -2.29. The van der Waals surface area contributed by atoms with Gasteiger partial charge in [0.25, 0.3) is 0 Å². The second-order valence-electron chi connectivity index (χ2n) is 18.6. The normalized spacial score (nSPS) is 24.4. The zero-order valence-electron chi connectivity index (χ0n) is 42.6. The van der Waals surface area contributed by atoms with Crippen LogP contribution in [-0.4, -0.2) is 160 Å². The summed E-state index contributed by atoms with van der Waals surface area (Å²) >= 11 is 0. The smallest absolute Gasteiger partial charge is 0.305 e. The van der Waals surface area contributed by atoms with Crippen LogP contribution in [0, 0.1) is 11.8 Å². The molecule has 9 amide bonds. The quantitative estimate of drug-likeness (QED) is 0.0356. The number of nitrogens with one attached hydrogen (secondary N) is 9. The van der Waals surface area contributed by atoms with Crippen LogP contribution in [0.2, 0.25) is 0 Å². The van der Waals surface area contributed by atoms with Crippen molar-refractivity contribution < 1.29 is 72.9 Å². The minimum atomic E-state index is -1.96. The van der Waals surface area contributed by atoms with E-state index in [0.29, 0.717) is 12.0 Å². The average molecular weight is 1060 g/mol. The van der Waals surface area contributed by atoms with Gasteiger partial charge in [0.2, 0.25) is 53.2 Å². The summed E-state index contributed by atoms with van der Waals surface area (Å²) in [5, 5.41) is 50.7. The third-order valence-electron chi connectivity index (χ3n) is 11.6. The Kier molecular flexibility index (Phi) is 26.7. The molecule has 9 atom stereocenters. The van der Waals surface area contributed by atoms with E-state index >= 15 is 0 Å². The summed E-state index contributed by atoms with van der Waals surface area (Å²) in [5.74, 6) is -15.9. The van der Waals surface area contributed by atoms with Crippen molar-refractivity contribution in [2.75, 3.05) is 13.1 Å². The second-order valence-corrected chi connectivity index (χ2v) is 18.6. The van der Waals surface area contributed by atoms with Gasteiger partial charge in [-0.2, -0.15) is 0 Å². The van der Waals surface area contributed by atoms with E-state index < -0.39 is 163 Å². The Hall–Kier alpha value is -7.91. The molecule has 1 aliphatic heterocycles. The highest BCUT2D eigenvalue weighted by molar-refractivity contribution is 6.00. The van der Waals surface area contributed by atoms with Crippen LogP contribution in [0.25, 0.3) is 0 Å². The molecule has 0 spiro atoms. The molecule has 2 rings (SSSR count). The van der Waals surface area contributed by atoms with Crippen LogP contribution in [0.15, 0.2) is 35.3 Å². The molecule has 1 aromatic carbocycles. The first-order chi connectivity index (χ1) is 35.2. The Morgan fingerprint density at radius 2 is 0.907 bits per heavy atom. The van der Waals surface area contributed by atoms with Crippen molar-refractivity contribution in [1.29, 1.82) is 0 Å². The monoisotopic (exact) mass is 1060 g/mol. The molecule has 1 fully saturated rings. The number of carboxylic acid groups (broad SMARTS) is 3. The maximum absolute atomic E-state index is 14.4. The van der Waals surface area contributed by atoms with Crippen molar-refractivity contribution in [2.24, 2.45) is 34.0 Å². The molecule has 1 heterocycles. The molecular formula is C47H73N13O15. The molecule has 0 bridgehead atoms. The van der Waals surface area contributed by atoms with E-state index in [4.69, 9.17) is 17.2 Å². The van der Waals surface area contributed by atoms with E-state index in [1.165, 1.54) is 13.8 Å². The molecule has 1 aliphatic rings. The summed E-state index contributed by atoms with van der Waals surface area (Å²) in [6.45, 7) is 7.44. The van der Waals surface area contributed by atoms with E-state index in [0.717, 1.165) is 6.92 Å². The molecule has 18 N–H and O–H groups in total. The van der Waals surface area contributed by atoms with E-state index in [-0.39, 0.29) is 51.2 Å². The number of amides is 9. The SMILES string of the molecule is CC(C)[C@@H]1NC(=O)[C@H](CCCN=C(N)N)NC(=O)[C@H](Cc2ccccc2)NC(=O)[C@H](C(C)C)NC(=O)[C@H](CCCCN)NC(=O)[C@H](CC(=O)O)NC(=O)[C@H](CCC(=O)O)NC(=O)[C@H](C)NC(=O)[C@H](CC(=O)O)NC1=O. The molecule has 0 unspecified atom stereocenters. The Labute approximate surface area is 433 Å². The van der Waals surface area contributed by atoms with Gasteiger partial charge in [0.05, 0.1) is 12.8 Å². The maximum atomic E-state index is 14.4. The number of carboxylic acids is 3. The molecule has 0 radical (unpaired) electrons. The zero-order chi connectivity index (χ0) is 56.5. The van der Waals surface area contributed by atoms with Crippen molar-refractivity contribution in [3.05, 3.63) is 35.9 Å². The first-order valence-electron chi connectivity index (χ1n) is 24.4. The van der Waals surface area contributed by atoms with E-state index in [2.05, 4.69) is 52.8 Å². The van der Waals surface area contributed by atoms with Gasteiger partial charge < -0.3 is 80.4 Å². The minimum absolute atomic E-state index is 0.0118. The Balaban J connectivity index is 2.86. The van der Waals surface area contributed by atoms with Gasteiger partial charge in [-0.05, 0) is 69.4 Å². The predicted molar refractivity (Wildman–Crippen MR) is 267 cm³/mol. The van der Waals surface area contributed by atoms with Crippen LogP contribution in [-0.2, 0) is 64.0 Å². The summed E-state index contributed by atoms with van der Waals surface area (Å²) in [6, 6.07) is -6.21. The highest BCUT2D eigenvalue weighted by atomic mass is 16.4. The third-order valence-corrected chi connectivity index (χ3v) is 11.6. The summed E-state index contributed by atoms with van der Waals surface area (Å²) < 4.78 is 0. The number of hydrogen-bond acceptors (Lipinski definition) is 14. The number of rotatable bonds is 19. The molecule has 28 heteroatoms. The summed E-state index contributed by atoms with van der Waals surface area (Å²) in [7, 11) is 0. The van der Waals surface area contributed by atoms with Gasteiger partial charge in [-0.25, -0.2) is 0 Å². The lowest BCUT2D eigenvalue weighted by Crippen LogP contribution is -2.61. The van der Waals surface area contributed by atoms with Gasteiger partial charge in [0.1, 0.15) is 54.4 Å². The fraction of sp³-hybridized carbons (Fsp3) is 0.596. The predicted octanol–water partition coefficient (Wildman–Crippen LogP) is -4.07. The standard InChI is InChI=1S/C47H73N13O15/c1-23(2)36-45(74)57-30(20-26-12-7-6-8-13-26)43(72)55-28(15-11-19-51-47(49)50)41(70)60-37(24(3)4)46(75)58-31(21-34(63)64)42(71)52-25(5)38(67)53-29(16-17-33(61)62)39(68)56-32(22-35(65)66)44(73)54-27(40(69)59-36)14-9-10-18-48/h6-8,12-13,23-25,27-32,36-37H,9-11,14-22,48H2,1-5H3,(H,52,71)(H,53,67)(H,54,73)(H,55,72)(H,56,68)(H,57,74)(H,58,75)(H,59,69)(H,60,70)(H,61,62)(H,63,64)(H,65,66)(H4,49,50,51)/t25-,27-,28-,29-,30-,31-,32-,36-,37-/m0/s1. The van der Waals surface area contributed by atoms with E-state index in [9.17, 15) is 72.9 Å².